The van der Waals surface area contributed by atoms with Crippen molar-refractivity contribution < 1.29 is 8.78 Å². The number of nitrogens with one attached hydrogen (secondary N) is 1. The van der Waals surface area contributed by atoms with E-state index >= 15 is 0 Å². The maximum Gasteiger partial charge on any atom is 0.251 e. The third kappa shape index (κ3) is 5.50. The maximum absolute atomic E-state index is 12.0. The minimum Gasteiger partial charge on any atom is -0.314 e. The number of rotatable bonds is 7. The van der Waals surface area contributed by atoms with Gasteiger partial charge in [-0.25, -0.2) is 8.78 Å². The summed E-state index contributed by atoms with van der Waals surface area (Å²) in [4.78, 5) is 1.70. The molecule has 1 aliphatic rings. The summed E-state index contributed by atoms with van der Waals surface area (Å²) in [5.74, 6) is 0.444. The van der Waals surface area contributed by atoms with E-state index in [0.29, 0.717) is 12.0 Å². The van der Waals surface area contributed by atoms with E-state index in [2.05, 4.69) is 12.2 Å². The van der Waals surface area contributed by atoms with E-state index in [-0.39, 0.29) is 6.54 Å². The molecule has 0 aromatic heterocycles. The Balaban J connectivity index is 2.02. The van der Waals surface area contributed by atoms with Gasteiger partial charge < -0.3 is 10.2 Å². The van der Waals surface area contributed by atoms with E-state index in [1.807, 2.05) is 0 Å². The Labute approximate surface area is 84.7 Å². The SMILES string of the molecule is CC(CNC1CC1)CN(C)CC(F)F. The van der Waals surface area contributed by atoms with Crippen LogP contribution in [0.25, 0.3) is 0 Å². The predicted octanol–water partition coefficient (Wildman–Crippen LogP) is 1.57. The standard InChI is InChI=1S/C10H20F2N2/c1-8(5-13-9-3-4-9)6-14(2)7-10(11)12/h8-10,13H,3-7H2,1-2H3. The summed E-state index contributed by atoms with van der Waals surface area (Å²) in [6.45, 7) is 3.66. The average molecular weight is 206 g/mol. The highest BCUT2D eigenvalue weighted by Gasteiger charge is 2.21. The summed E-state index contributed by atoms with van der Waals surface area (Å²) in [6.07, 6.45) is 0.336. The first kappa shape index (κ1) is 11.9. The normalized spacial score (nSPS) is 19.3. The van der Waals surface area contributed by atoms with Gasteiger partial charge in [0.1, 0.15) is 0 Å². The second kappa shape index (κ2) is 5.61. The topological polar surface area (TPSA) is 15.3 Å². The van der Waals surface area contributed by atoms with Crippen molar-refractivity contribution in [3.8, 4) is 0 Å². The number of hydrogen-bond donors (Lipinski definition) is 1. The second-order valence-corrected chi connectivity index (χ2v) is 4.40. The summed E-state index contributed by atoms with van der Waals surface area (Å²) in [5.41, 5.74) is 0. The van der Waals surface area contributed by atoms with E-state index in [9.17, 15) is 8.78 Å². The molecule has 1 aliphatic carbocycles. The van der Waals surface area contributed by atoms with Crippen LogP contribution < -0.4 is 5.32 Å². The van der Waals surface area contributed by atoms with Gasteiger partial charge in [0, 0.05) is 12.6 Å². The van der Waals surface area contributed by atoms with Crippen molar-refractivity contribution in [2.75, 3.05) is 26.7 Å². The largest absolute Gasteiger partial charge is 0.314 e. The van der Waals surface area contributed by atoms with Gasteiger partial charge in [-0.05, 0) is 32.4 Å². The molecule has 84 valence electrons. The van der Waals surface area contributed by atoms with Crippen molar-refractivity contribution in [3.63, 3.8) is 0 Å². The molecule has 0 aromatic carbocycles. The molecule has 1 atom stereocenters. The van der Waals surface area contributed by atoms with Crippen LogP contribution in [0, 0.1) is 5.92 Å². The van der Waals surface area contributed by atoms with Gasteiger partial charge in [-0.15, -0.1) is 0 Å². The number of halogens is 2. The predicted molar refractivity (Wildman–Crippen MR) is 53.7 cm³/mol. The van der Waals surface area contributed by atoms with Crippen LogP contribution in [0.3, 0.4) is 0 Å². The van der Waals surface area contributed by atoms with Crippen molar-refractivity contribution in [2.24, 2.45) is 5.92 Å². The summed E-state index contributed by atoms with van der Waals surface area (Å²) in [5, 5.41) is 3.40. The Hall–Kier alpha value is -0.220. The van der Waals surface area contributed by atoms with Crippen LogP contribution >= 0.6 is 0 Å². The minimum atomic E-state index is -2.22. The molecule has 1 fully saturated rings. The Morgan fingerprint density at radius 1 is 1.36 bits per heavy atom. The van der Waals surface area contributed by atoms with Gasteiger partial charge in [0.25, 0.3) is 6.43 Å². The lowest BCUT2D eigenvalue weighted by Crippen LogP contribution is -2.34. The summed E-state index contributed by atoms with van der Waals surface area (Å²) < 4.78 is 24.0. The quantitative estimate of drug-likeness (QED) is 0.680. The summed E-state index contributed by atoms with van der Waals surface area (Å²) >= 11 is 0. The highest BCUT2D eigenvalue weighted by Crippen LogP contribution is 2.18. The highest BCUT2D eigenvalue weighted by molar-refractivity contribution is 4.81. The molecule has 0 bridgehead atoms. The van der Waals surface area contributed by atoms with Crippen molar-refractivity contribution in [1.82, 2.24) is 10.2 Å². The van der Waals surface area contributed by atoms with Crippen LogP contribution in [0.2, 0.25) is 0 Å². The molecule has 0 heterocycles. The Morgan fingerprint density at radius 3 is 2.50 bits per heavy atom. The Bertz CT molecular complexity index is 160. The first-order chi connectivity index (χ1) is 6.58. The first-order valence-corrected chi connectivity index (χ1v) is 5.28. The van der Waals surface area contributed by atoms with Crippen molar-refractivity contribution >= 4 is 0 Å². The van der Waals surface area contributed by atoms with Gasteiger partial charge in [-0.1, -0.05) is 6.92 Å². The van der Waals surface area contributed by atoms with Crippen LogP contribution in [0.15, 0.2) is 0 Å². The minimum absolute atomic E-state index is 0.117. The van der Waals surface area contributed by atoms with Gasteiger partial charge in [0.05, 0.1) is 6.54 Å². The Morgan fingerprint density at radius 2 is 2.00 bits per heavy atom. The molecular weight excluding hydrogens is 186 g/mol. The highest BCUT2D eigenvalue weighted by atomic mass is 19.3. The van der Waals surface area contributed by atoms with E-state index in [0.717, 1.165) is 13.1 Å². The summed E-state index contributed by atoms with van der Waals surface area (Å²) in [7, 11) is 1.75. The fourth-order valence-electron chi connectivity index (χ4n) is 1.56. The number of hydrogen-bond acceptors (Lipinski definition) is 2. The molecule has 14 heavy (non-hydrogen) atoms. The maximum atomic E-state index is 12.0. The van der Waals surface area contributed by atoms with E-state index in [1.54, 1.807) is 11.9 Å². The molecule has 4 heteroatoms. The van der Waals surface area contributed by atoms with E-state index in [4.69, 9.17) is 0 Å². The lowest BCUT2D eigenvalue weighted by molar-refractivity contribution is 0.0942. The molecule has 1 N–H and O–H groups in total. The molecule has 0 spiro atoms. The molecular formula is C10H20F2N2. The van der Waals surface area contributed by atoms with Crippen molar-refractivity contribution in [2.45, 2.75) is 32.2 Å². The van der Waals surface area contributed by atoms with Crippen molar-refractivity contribution in [1.29, 1.82) is 0 Å². The molecule has 0 radical (unpaired) electrons. The van der Waals surface area contributed by atoms with Crippen LogP contribution in [0.5, 0.6) is 0 Å². The van der Waals surface area contributed by atoms with Crippen LogP contribution in [0.1, 0.15) is 19.8 Å². The van der Waals surface area contributed by atoms with Crippen molar-refractivity contribution in [3.05, 3.63) is 0 Å². The van der Waals surface area contributed by atoms with Crippen LogP contribution in [-0.2, 0) is 0 Å². The van der Waals surface area contributed by atoms with Gasteiger partial charge >= 0.3 is 0 Å². The van der Waals surface area contributed by atoms with E-state index in [1.165, 1.54) is 12.8 Å². The number of alkyl halides is 2. The molecule has 1 rings (SSSR count). The van der Waals surface area contributed by atoms with Crippen LogP contribution in [-0.4, -0.2) is 44.0 Å². The molecule has 0 amide bonds. The molecule has 0 aromatic rings. The van der Waals surface area contributed by atoms with Crippen LogP contribution in [0.4, 0.5) is 8.78 Å². The Kier molecular flexibility index (Phi) is 4.75. The monoisotopic (exact) mass is 206 g/mol. The third-order valence-corrected chi connectivity index (χ3v) is 2.41. The molecule has 0 aliphatic heterocycles. The lowest BCUT2D eigenvalue weighted by atomic mass is 10.1. The average Bonchev–Trinajstić information content (AvgIpc) is 2.81. The zero-order valence-electron chi connectivity index (χ0n) is 8.97. The van der Waals surface area contributed by atoms with Gasteiger partial charge in [-0.2, -0.15) is 0 Å². The molecule has 0 saturated heterocycles. The molecule has 2 nitrogen and oxygen atoms in total. The first-order valence-electron chi connectivity index (χ1n) is 5.28. The second-order valence-electron chi connectivity index (χ2n) is 4.40. The zero-order chi connectivity index (χ0) is 10.6. The zero-order valence-corrected chi connectivity index (χ0v) is 8.97. The van der Waals surface area contributed by atoms with Gasteiger partial charge in [0.2, 0.25) is 0 Å². The smallest absolute Gasteiger partial charge is 0.251 e. The molecule has 1 saturated carbocycles. The lowest BCUT2D eigenvalue weighted by Gasteiger charge is -2.21. The fraction of sp³-hybridized carbons (Fsp3) is 1.00. The molecule has 1 unspecified atom stereocenters. The third-order valence-electron chi connectivity index (χ3n) is 2.41. The fourth-order valence-corrected chi connectivity index (χ4v) is 1.56. The number of nitrogens with zero attached hydrogens (tertiary/aromatic N) is 1. The van der Waals surface area contributed by atoms with Gasteiger partial charge in [0.15, 0.2) is 0 Å². The van der Waals surface area contributed by atoms with Gasteiger partial charge in [-0.3, -0.25) is 0 Å². The summed E-state index contributed by atoms with van der Waals surface area (Å²) in [6, 6.07) is 0.706. The van der Waals surface area contributed by atoms with E-state index < -0.39 is 6.43 Å².